The first-order valence-corrected chi connectivity index (χ1v) is 9.24. The zero-order valence-electron chi connectivity index (χ0n) is 16.2. The summed E-state index contributed by atoms with van der Waals surface area (Å²) in [7, 11) is 0. The van der Waals surface area contributed by atoms with Crippen molar-refractivity contribution in [1.82, 2.24) is 9.97 Å². The van der Waals surface area contributed by atoms with E-state index in [2.05, 4.69) is 29.4 Å². The Bertz CT molecular complexity index is 1180. The van der Waals surface area contributed by atoms with E-state index < -0.39 is 0 Å². The molecule has 0 aliphatic heterocycles. The number of nitrogens with one attached hydrogen (secondary N) is 1. The van der Waals surface area contributed by atoms with E-state index in [1.165, 1.54) is 5.56 Å². The van der Waals surface area contributed by atoms with Crippen LogP contribution in [-0.2, 0) is 0 Å². The largest absolute Gasteiger partial charge is 0.306 e. The third-order valence-corrected chi connectivity index (χ3v) is 4.93. The summed E-state index contributed by atoms with van der Waals surface area (Å²) in [6, 6.07) is 19.7. The maximum Gasteiger partial charge on any atom is 0.257 e. The number of carbonyl (C=O) groups excluding carboxylic acids is 1. The monoisotopic (exact) mass is 367 g/mol. The second-order valence-electron chi connectivity index (χ2n) is 6.97. The van der Waals surface area contributed by atoms with Gasteiger partial charge in [0.25, 0.3) is 5.91 Å². The predicted octanol–water partition coefficient (Wildman–Crippen LogP) is 5.47. The molecule has 1 N–H and O–H groups in total. The zero-order chi connectivity index (χ0) is 19.7. The Labute approximate surface area is 164 Å². The number of para-hydroxylation sites is 1. The molecule has 4 nitrogen and oxygen atoms in total. The van der Waals surface area contributed by atoms with Gasteiger partial charge >= 0.3 is 0 Å². The molecule has 0 atom stereocenters. The third kappa shape index (κ3) is 3.25. The molecule has 0 radical (unpaired) electrons. The second-order valence-corrected chi connectivity index (χ2v) is 6.97. The van der Waals surface area contributed by atoms with Gasteiger partial charge in [-0.2, -0.15) is 0 Å². The fourth-order valence-corrected chi connectivity index (χ4v) is 3.38. The first-order valence-electron chi connectivity index (χ1n) is 9.24. The maximum absolute atomic E-state index is 13.3. The van der Waals surface area contributed by atoms with E-state index in [-0.39, 0.29) is 5.91 Å². The molecule has 0 unspecified atom stereocenters. The predicted molar refractivity (Wildman–Crippen MR) is 114 cm³/mol. The number of carbonyl (C=O) groups is 1. The van der Waals surface area contributed by atoms with E-state index >= 15 is 0 Å². The summed E-state index contributed by atoms with van der Waals surface area (Å²) in [5.41, 5.74) is 6.21. The first kappa shape index (κ1) is 17.9. The highest BCUT2D eigenvalue weighted by atomic mass is 16.1. The summed E-state index contributed by atoms with van der Waals surface area (Å²) < 4.78 is 0. The number of pyridine rings is 2. The number of anilines is 1. The molecule has 4 heteroatoms. The minimum Gasteiger partial charge on any atom is -0.306 e. The average Bonchev–Trinajstić information content (AvgIpc) is 2.70. The second kappa shape index (κ2) is 7.24. The van der Waals surface area contributed by atoms with Crippen molar-refractivity contribution in [3.05, 3.63) is 89.1 Å². The maximum atomic E-state index is 13.3. The van der Waals surface area contributed by atoms with Crippen molar-refractivity contribution in [3.8, 4) is 11.3 Å². The number of hydrogen-bond acceptors (Lipinski definition) is 3. The fraction of sp³-hybridized carbons (Fsp3) is 0.125. The van der Waals surface area contributed by atoms with Crippen molar-refractivity contribution in [3.63, 3.8) is 0 Å². The molecule has 4 rings (SSSR count). The van der Waals surface area contributed by atoms with Gasteiger partial charge in [-0.25, -0.2) is 9.97 Å². The van der Waals surface area contributed by atoms with Gasteiger partial charge in [-0.3, -0.25) is 4.79 Å². The van der Waals surface area contributed by atoms with E-state index in [0.717, 1.165) is 33.3 Å². The van der Waals surface area contributed by atoms with Gasteiger partial charge in [-0.05, 0) is 44.0 Å². The average molecular weight is 367 g/mol. The van der Waals surface area contributed by atoms with Crippen LogP contribution in [-0.4, -0.2) is 15.9 Å². The minimum atomic E-state index is -0.175. The Hall–Kier alpha value is -3.53. The van der Waals surface area contributed by atoms with Gasteiger partial charge in [-0.15, -0.1) is 0 Å². The summed E-state index contributed by atoms with van der Waals surface area (Å²) in [6.07, 6.45) is 1.68. The van der Waals surface area contributed by atoms with Gasteiger partial charge in [0, 0.05) is 17.1 Å². The van der Waals surface area contributed by atoms with Crippen molar-refractivity contribution < 1.29 is 4.79 Å². The molecule has 4 aromatic rings. The number of aromatic nitrogens is 2. The van der Waals surface area contributed by atoms with Crippen LogP contribution in [0.3, 0.4) is 0 Å². The minimum absolute atomic E-state index is 0.175. The fourth-order valence-electron chi connectivity index (χ4n) is 3.38. The molecule has 0 saturated carbocycles. The quantitative estimate of drug-likeness (QED) is 0.522. The standard InChI is InChI=1S/C24H21N3O/c1-15-10-12-18(13-11-15)22-17(3)21(19-8-4-5-9-20(19)26-22)24(28)27-23-16(2)7-6-14-25-23/h4-14H,1-3H3,(H,25,27,28). The van der Waals surface area contributed by atoms with Gasteiger partial charge in [0.2, 0.25) is 0 Å². The molecule has 0 aliphatic carbocycles. The Morgan fingerprint density at radius 2 is 1.64 bits per heavy atom. The Balaban J connectivity index is 1.89. The number of amides is 1. The zero-order valence-corrected chi connectivity index (χ0v) is 16.2. The van der Waals surface area contributed by atoms with Gasteiger partial charge < -0.3 is 5.32 Å². The van der Waals surface area contributed by atoms with Crippen molar-refractivity contribution in [2.75, 3.05) is 5.32 Å². The van der Waals surface area contributed by atoms with Gasteiger partial charge in [0.05, 0.1) is 16.8 Å². The lowest BCUT2D eigenvalue weighted by atomic mass is 9.96. The molecule has 28 heavy (non-hydrogen) atoms. The molecular weight excluding hydrogens is 346 g/mol. The van der Waals surface area contributed by atoms with Crippen LogP contribution >= 0.6 is 0 Å². The normalized spacial score (nSPS) is 10.8. The van der Waals surface area contributed by atoms with Crippen LogP contribution in [0.5, 0.6) is 0 Å². The molecule has 1 amide bonds. The Kier molecular flexibility index (Phi) is 4.62. The van der Waals surface area contributed by atoms with E-state index in [1.54, 1.807) is 6.20 Å². The summed E-state index contributed by atoms with van der Waals surface area (Å²) in [4.78, 5) is 22.4. The highest BCUT2D eigenvalue weighted by molar-refractivity contribution is 6.14. The van der Waals surface area contributed by atoms with Crippen molar-refractivity contribution in [1.29, 1.82) is 0 Å². The molecule has 0 saturated heterocycles. The molecule has 2 aromatic carbocycles. The number of hydrogen-bond donors (Lipinski definition) is 1. The lowest BCUT2D eigenvalue weighted by Gasteiger charge is -2.15. The number of aryl methyl sites for hydroxylation is 2. The molecule has 2 heterocycles. The molecule has 0 spiro atoms. The number of benzene rings is 2. The van der Waals surface area contributed by atoms with Crippen LogP contribution in [0.1, 0.15) is 27.0 Å². The third-order valence-electron chi connectivity index (χ3n) is 4.93. The Morgan fingerprint density at radius 3 is 2.39 bits per heavy atom. The molecular formula is C24H21N3O. The smallest absolute Gasteiger partial charge is 0.257 e. The molecule has 0 fully saturated rings. The molecule has 2 aromatic heterocycles. The van der Waals surface area contributed by atoms with Gasteiger partial charge in [0.1, 0.15) is 5.82 Å². The summed E-state index contributed by atoms with van der Waals surface area (Å²) in [5.74, 6) is 0.399. The van der Waals surface area contributed by atoms with Gasteiger partial charge in [0.15, 0.2) is 0 Å². The number of rotatable bonds is 3. The van der Waals surface area contributed by atoms with Crippen LogP contribution in [0.15, 0.2) is 66.9 Å². The van der Waals surface area contributed by atoms with E-state index in [0.29, 0.717) is 11.4 Å². The van der Waals surface area contributed by atoms with Crippen LogP contribution in [0, 0.1) is 20.8 Å². The summed E-state index contributed by atoms with van der Waals surface area (Å²) in [5, 5.41) is 3.80. The number of nitrogens with zero attached hydrogens (tertiary/aromatic N) is 2. The topological polar surface area (TPSA) is 54.9 Å². The van der Waals surface area contributed by atoms with Crippen molar-refractivity contribution in [2.45, 2.75) is 20.8 Å². The summed E-state index contributed by atoms with van der Waals surface area (Å²) in [6.45, 7) is 5.94. The van der Waals surface area contributed by atoms with E-state index in [1.807, 2.05) is 62.4 Å². The molecule has 0 aliphatic rings. The van der Waals surface area contributed by atoms with Crippen molar-refractivity contribution >= 4 is 22.6 Å². The molecule has 138 valence electrons. The number of fused-ring (bicyclic) bond motifs is 1. The van der Waals surface area contributed by atoms with E-state index in [4.69, 9.17) is 4.98 Å². The lowest BCUT2D eigenvalue weighted by Crippen LogP contribution is -2.16. The van der Waals surface area contributed by atoms with Crippen molar-refractivity contribution in [2.24, 2.45) is 0 Å². The van der Waals surface area contributed by atoms with Crippen LogP contribution in [0.4, 0.5) is 5.82 Å². The Morgan fingerprint density at radius 1 is 0.893 bits per heavy atom. The molecule has 0 bridgehead atoms. The van der Waals surface area contributed by atoms with Crippen LogP contribution in [0.2, 0.25) is 0 Å². The van der Waals surface area contributed by atoms with Gasteiger partial charge in [-0.1, -0.05) is 54.1 Å². The summed E-state index contributed by atoms with van der Waals surface area (Å²) >= 11 is 0. The highest BCUT2D eigenvalue weighted by Gasteiger charge is 2.19. The lowest BCUT2D eigenvalue weighted by molar-refractivity contribution is 0.102. The first-order chi connectivity index (χ1) is 13.5. The van der Waals surface area contributed by atoms with E-state index in [9.17, 15) is 4.79 Å². The van der Waals surface area contributed by atoms with Crippen LogP contribution in [0.25, 0.3) is 22.2 Å². The highest BCUT2D eigenvalue weighted by Crippen LogP contribution is 2.30. The van der Waals surface area contributed by atoms with Crippen LogP contribution < -0.4 is 5.32 Å². The SMILES string of the molecule is Cc1ccc(-c2nc3ccccc3c(C(=O)Nc3ncccc3C)c2C)cc1.